The molecule has 1 aliphatic rings. The fourth-order valence-electron chi connectivity index (χ4n) is 2.85. The Morgan fingerprint density at radius 2 is 1.95 bits per heavy atom. The molecule has 0 spiro atoms. The first-order valence-electron chi connectivity index (χ1n) is 7.41. The number of fused-ring (bicyclic) bond motifs is 1. The van der Waals surface area contributed by atoms with E-state index in [9.17, 15) is 4.79 Å². The van der Waals surface area contributed by atoms with Gasteiger partial charge in [-0.3, -0.25) is 4.57 Å². The van der Waals surface area contributed by atoms with Crippen molar-refractivity contribution in [3.8, 4) is 0 Å². The summed E-state index contributed by atoms with van der Waals surface area (Å²) in [6.07, 6.45) is 5.49. The van der Waals surface area contributed by atoms with Gasteiger partial charge in [-0.1, -0.05) is 18.2 Å². The van der Waals surface area contributed by atoms with E-state index in [0.717, 1.165) is 30.4 Å². The lowest BCUT2D eigenvalue weighted by Gasteiger charge is -2.14. The maximum Gasteiger partial charge on any atom is 0.326 e. The van der Waals surface area contributed by atoms with Crippen molar-refractivity contribution in [3.63, 3.8) is 0 Å². The minimum absolute atomic E-state index is 0.0346. The molecule has 0 aliphatic carbocycles. The van der Waals surface area contributed by atoms with Gasteiger partial charge in [-0.25, -0.2) is 4.79 Å². The third-order valence-corrected chi connectivity index (χ3v) is 3.94. The zero-order chi connectivity index (χ0) is 13.8. The number of para-hydroxylation sites is 1. The number of carbonyl (C=O) groups is 1. The summed E-state index contributed by atoms with van der Waals surface area (Å²) < 4.78 is 1.69. The summed E-state index contributed by atoms with van der Waals surface area (Å²) in [4.78, 5) is 14.6. The molecule has 1 aromatic heterocycles. The monoisotopic (exact) mass is 271 g/mol. The van der Waals surface area contributed by atoms with Crippen LogP contribution in [0.2, 0.25) is 0 Å². The van der Waals surface area contributed by atoms with E-state index in [1.807, 2.05) is 36.5 Å². The van der Waals surface area contributed by atoms with Crippen molar-refractivity contribution in [1.82, 2.24) is 14.8 Å². The van der Waals surface area contributed by atoms with E-state index in [4.69, 9.17) is 0 Å². The Morgan fingerprint density at radius 1 is 1.15 bits per heavy atom. The molecule has 1 fully saturated rings. The smallest absolute Gasteiger partial charge is 0.326 e. The molecule has 4 heteroatoms. The summed E-state index contributed by atoms with van der Waals surface area (Å²) in [5, 5.41) is 4.10. The van der Waals surface area contributed by atoms with Crippen LogP contribution in [0.15, 0.2) is 36.5 Å². The van der Waals surface area contributed by atoms with Crippen molar-refractivity contribution in [2.45, 2.75) is 19.3 Å². The van der Waals surface area contributed by atoms with Crippen LogP contribution in [0.25, 0.3) is 10.9 Å². The molecule has 0 saturated carbocycles. The summed E-state index contributed by atoms with van der Waals surface area (Å²) in [5.41, 5.74) is 0.963. The highest BCUT2D eigenvalue weighted by Gasteiger charge is 2.11. The summed E-state index contributed by atoms with van der Waals surface area (Å²) in [6, 6.07) is 9.87. The molecule has 1 saturated heterocycles. The van der Waals surface area contributed by atoms with Gasteiger partial charge in [-0.05, 0) is 51.0 Å². The van der Waals surface area contributed by atoms with E-state index >= 15 is 0 Å². The largest absolute Gasteiger partial charge is 0.337 e. The normalized spacial score (nSPS) is 15.8. The molecule has 2 heterocycles. The van der Waals surface area contributed by atoms with Crippen LogP contribution in [0.5, 0.6) is 0 Å². The number of hydrogen-bond acceptors (Lipinski definition) is 2. The molecular formula is C16H21N3O. The number of hydrogen-bond donors (Lipinski definition) is 1. The molecular weight excluding hydrogens is 250 g/mol. The van der Waals surface area contributed by atoms with Gasteiger partial charge in [0.25, 0.3) is 0 Å². The highest BCUT2D eigenvalue weighted by atomic mass is 16.2. The summed E-state index contributed by atoms with van der Waals surface area (Å²) >= 11 is 0. The molecule has 0 unspecified atom stereocenters. The number of rotatable bonds is 4. The molecule has 1 amide bonds. The van der Waals surface area contributed by atoms with Gasteiger partial charge in [0.2, 0.25) is 0 Å². The van der Waals surface area contributed by atoms with Gasteiger partial charge < -0.3 is 10.2 Å². The summed E-state index contributed by atoms with van der Waals surface area (Å²) in [5.74, 6) is 0. The Morgan fingerprint density at radius 3 is 2.80 bits per heavy atom. The Hall–Kier alpha value is -1.81. The molecule has 3 rings (SSSR count). The fourth-order valence-corrected chi connectivity index (χ4v) is 2.85. The first kappa shape index (κ1) is 13.2. The van der Waals surface area contributed by atoms with Crippen LogP contribution in [0.1, 0.15) is 19.3 Å². The summed E-state index contributed by atoms with van der Waals surface area (Å²) in [6.45, 7) is 4.26. The van der Waals surface area contributed by atoms with Crippen molar-refractivity contribution in [2.24, 2.45) is 0 Å². The van der Waals surface area contributed by atoms with Crippen LogP contribution >= 0.6 is 0 Å². The minimum atomic E-state index is -0.0346. The molecule has 2 aromatic rings. The molecule has 1 N–H and O–H groups in total. The van der Waals surface area contributed by atoms with Crippen molar-refractivity contribution in [2.75, 3.05) is 26.2 Å². The predicted molar refractivity (Wildman–Crippen MR) is 81.0 cm³/mol. The van der Waals surface area contributed by atoms with E-state index in [-0.39, 0.29) is 6.03 Å². The SMILES string of the molecule is O=C(NCCCN1CCCC1)n1ccc2ccccc21. The maximum atomic E-state index is 12.2. The van der Waals surface area contributed by atoms with Crippen molar-refractivity contribution < 1.29 is 4.79 Å². The first-order valence-corrected chi connectivity index (χ1v) is 7.41. The van der Waals surface area contributed by atoms with Gasteiger partial charge in [-0.15, -0.1) is 0 Å². The lowest BCUT2D eigenvalue weighted by atomic mass is 10.2. The van der Waals surface area contributed by atoms with Gasteiger partial charge in [0.15, 0.2) is 0 Å². The lowest BCUT2D eigenvalue weighted by molar-refractivity contribution is 0.242. The highest BCUT2D eigenvalue weighted by Crippen LogP contribution is 2.14. The second kappa shape index (κ2) is 6.09. The van der Waals surface area contributed by atoms with Crippen LogP contribution in [-0.4, -0.2) is 41.7 Å². The van der Waals surface area contributed by atoms with Crippen molar-refractivity contribution in [3.05, 3.63) is 36.5 Å². The van der Waals surface area contributed by atoms with Gasteiger partial charge in [-0.2, -0.15) is 0 Å². The van der Waals surface area contributed by atoms with Crippen molar-refractivity contribution in [1.29, 1.82) is 0 Å². The highest BCUT2D eigenvalue weighted by molar-refractivity contribution is 5.91. The molecule has 106 valence electrons. The zero-order valence-electron chi connectivity index (χ0n) is 11.7. The van der Waals surface area contributed by atoms with Crippen LogP contribution in [0.4, 0.5) is 4.79 Å². The fraction of sp³-hybridized carbons (Fsp3) is 0.438. The van der Waals surface area contributed by atoms with Crippen LogP contribution in [0.3, 0.4) is 0 Å². The summed E-state index contributed by atoms with van der Waals surface area (Å²) in [7, 11) is 0. The average molecular weight is 271 g/mol. The molecule has 1 aromatic carbocycles. The predicted octanol–water partition coefficient (Wildman–Crippen LogP) is 2.68. The second-order valence-corrected chi connectivity index (χ2v) is 5.38. The van der Waals surface area contributed by atoms with E-state index < -0.39 is 0 Å². The average Bonchev–Trinajstić information content (AvgIpc) is 3.12. The molecule has 1 aliphatic heterocycles. The van der Waals surface area contributed by atoms with Crippen molar-refractivity contribution >= 4 is 16.9 Å². The van der Waals surface area contributed by atoms with Gasteiger partial charge in [0.1, 0.15) is 0 Å². The maximum absolute atomic E-state index is 12.2. The number of nitrogens with zero attached hydrogens (tertiary/aromatic N) is 2. The number of nitrogens with one attached hydrogen (secondary N) is 1. The van der Waals surface area contributed by atoms with Gasteiger partial charge in [0, 0.05) is 18.1 Å². The molecule has 0 atom stereocenters. The standard InChI is InChI=1S/C16H21N3O/c20-16(17-9-5-12-18-10-3-4-11-18)19-13-8-14-6-1-2-7-15(14)19/h1-2,6-8,13H,3-5,9-12H2,(H,17,20). The Balaban J connectivity index is 1.51. The molecule has 4 nitrogen and oxygen atoms in total. The number of benzene rings is 1. The van der Waals surface area contributed by atoms with E-state index in [1.165, 1.54) is 25.9 Å². The lowest BCUT2D eigenvalue weighted by Crippen LogP contribution is -2.31. The van der Waals surface area contributed by atoms with E-state index in [1.54, 1.807) is 4.57 Å². The van der Waals surface area contributed by atoms with E-state index in [2.05, 4.69) is 10.2 Å². The van der Waals surface area contributed by atoms with Gasteiger partial charge >= 0.3 is 6.03 Å². The number of amides is 1. The quantitative estimate of drug-likeness (QED) is 0.868. The third-order valence-electron chi connectivity index (χ3n) is 3.94. The van der Waals surface area contributed by atoms with Crippen LogP contribution in [-0.2, 0) is 0 Å². The number of likely N-dealkylation sites (tertiary alicyclic amines) is 1. The van der Waals surface area contributed by atoms with Gasteiger partial charge in [0.05, 0.1) is 5.52 Å². The third kappa shape index (κ3) is 2.85. The molecule has 0 bridgehead atoms. The topological polar surface area (TPSA) is 37.3 Å². The van der Waals surface area contributed by atoms with E-state index in [0.29, 0.717) is 0 Å². The number of aromatic nitrogens is 1. The Bertz CT molecular complexity index is 584. The van der Waals surface area contributed by atoms with Crippen LogP contribution in [0, 0.1) is 0 Å². The second-order valence-electron chi connectivity index (χ2n) is 5.38. The van der Waals surface area contributed by atoms with Crippen LogP contribution < -0.4 is 5.32 Å². The molecule has 20 heavy (non-hydrogen) atoms. The Kier molecular flexibility index (Phi) is 4.02. The number of carbonyl (C=O) groups excluding carboxylic acids is 1. The molecule has 0 radical (unpaired) electrons. The first-order chi connectivity index (χ1) is 9.84. The zero-order valence-corrected chi connectivity index (χ0v) is 11.7. The Labute approximate surface area is 119 Å². The minimum Gasteiger partial charge on any atom is -0.337 e.